The summed E-state index contributed by atoms with van der Waals surface area (Å²) in [5, 5.41) is 0. The topological polar surface area (TPSA) is 74.3 Å². The van der Waals surface area contributed by atoms with Crippen molar-refractivity contribution < 1.29 is 4.74 Å². The van der Waals surface area contributed by atoms with Gasteiger partial charge in [-0.25, -0.2) is 9.78 Å². The number of unbranched alkanes of at least 4 members (excludes halogenated alkanes) is 7. The maximum absolute atomic E-state index is 12.4. The number of nitrogens with zero attached hydrogens (tertiary/aromatic N) is 4. The van der Waals surface area contributed by atoms with Gasteiger partial charge in [-0.2, -0.15) is 0 Å². The van der Waals surface area contributed by atoms with Crippen molar-refractivity contribution in [3.63, 3.8) is 0 Å². The van der Waals surface area contributed by atoms with Crippen LogP contribution in [0.2, 0.25) is 0 Å². The van der Waals surface area contributed by atoms with Crippen molar-refractivity contribution in [3.05, 3.63) is 27.2 Å². The highest BCUT2D eigenvalue weighted by molar-refractivity contribution is 5.69. The fraction of sp³-hybridized carbons (Fsp3) is 0.773. The first kappa shape index (κ1) is 21.8. The number of fused-ring (bicyclic) bond motifs is 1. The molecule has 7 nitrogen and oxygen atoms in total. The second-order valence-corrected chi connectivity index (χ2v) is 8.43. The molecule has 29 heavy (non-hydrogen) atoms. The Morgan fingerprint density at radius 1 is 0.897 bits per heavy atom. The quantitative estimate of drug-likeness (QED) is 0.378. The summed E-state index contributed by atoms with van der Waals surface area (Å²) in [7, 11) is 3.17. The lowest BCUT2D eigenvalue weighted by molar-refractivity contribution is 0.350. The molecule has 3 rings (SSSR count). The average Bonchev–Trinajstić information content (AvgIpc) is 3.31. The zero-order chi connectivity index (χ0) is 20.8. The Kier molecular flexibility index (Phi) is 7.70. The second kappa shape index (κ2) is 10.2. The Balaban J connectivity index is 1.29. The first-order valence-corrected chi connectivity index (χ1v) is 11.3. The van der Waals surface area contributed by atoms with Crippen molar-refractivity contribution in [3.8, 4) is 0 Å². The first-order valence-electron chi connectivity index (χ1n) is 11.3. The molecule has 1 aliphatic heterocycles. The fourth-order valence-corrected chi connectivity index (χ4v) is 4.23. The molecule has 0 N–H and O–H groups in total. The van der Waals surface area contributed by atoms with Gasteiger partial charge in [-0.15, -0.1) is 0 Å². The van der Waals surface area contributed by atoms with E-state index in [0.717, 1.165) is 24.0 Å². The van der Waals surface area contributed by atoms with Crippen molar-refractivity contribution >= 4 is 11.2 Å². The summed E-state index contributed by atoms with van der Waals surface area (Å²) >= 11 is 0. The van der Waals surface area contributed by atoms with Gasteiger partial charge < -0.3 is 9.30 Å². The largest absolute Gasteiger partial charge is 0.370 e. The summed E-state index contributed by atoms with van der Waals surface area (Å²) in [6, 6.07) is 0. The summed E-state index contributed by atoms with van der Waals surface area (Å²) in [4.78, 5) is 28.7. The van der Waals surface area contributed by atoms with E-state index in [1.807, 2.05) is 4.57 Å². The van der Waals surface area contributed by atoms with Crippen LogP contribution in [0.4, 0.5) is 0 Å². The van der Waals surface area contributed by atoms with Gasteiger partial charge in [-0.3, -0.25) is 13.9 Å². The third-order valence-corrected chi connectivity index (χ3v) is 6.12. The molecule has 0 spiro atoms. The Bertz CT molecular complexity index is 911. The predicted molar refractivity (Wildman–Crippen MR) is 115 cm³/mol. The minimum absolute atomic E-state index is 0.266. The summed E-state index contributed by atoms with van der Waals surface area (Å²) in [6.45, 7) is 2.99. The van der Waals surface area contributed by atoms with Crippen molar-refractivity contribution in [1.29, 1.82) is 0 Å². The zero-order valence-corrected chi connectivity index (χ0v) is 18.2. The van der Waals surface area contributed by atoms with Crippen molar-refractivity contribution in [2.24, 2.45) is 14.1 Å². The number of imidazole rings is 1. The predicted octanol–water partition coefficient (Wildman–Crippen LogP) is 3.51. The van der Waals surface area contributed by atoms with E-state index >= 15 is 0 Å². The maximum atomic E-state index is 12.4. The molecule has 1 aliphatic rings. The summed E-state index contributed by atoms with van der Waals surface area (Å²) in [5.41, 5.74) is 0.391. The van der Waals surface area contributed by atoms with Gasteiger partial charge in [0.05, 0.1) is 18.5 Å². The van der Waals surface area contributed by atoms with Crippen LogP contribution in [0.3, 0.4) is 0 Å². The molecule has 0 saturated carbocycles. The Morgan fingerprint density at radius 3 is 2.21 bits per heavy atom. The highest BCUT2D eigenvalue weighted by Gasteiger charge is 2.36. The van der Waals surface area contributed by atoms with Gasteiger partial charge in [0.15, 0.2) is 11.2 Å². The molecular formula is C22H36N4O3. The van der Waals surface area contributed by atoms with E-state index in [4.69, 9.17) is 4.74 Å². The molecule has 0 radical (unpaired) electrons. The third kappa shape index (κ3) is 5.38. The average molecular weight is 405 g/mol. The van der Waals surface area contributed by atoms with Crippen LogP contribution in [0.15, 0.2) is 15.9 Å². The first-order chi connectivity index (χ1) is 14.0. The maximum Gasteiger partial charge on any atom is 0.332 e. The van der Waals surface area contributed by atoms with E-state index in [1.165, 1.54) is 69.4 Å². The Hall–Kier alpha value is -1.89. The third-order valence-electron chi connectivity index (χ3n) is 6.12. The van der Waals surface area contributed by atoms with Crippen LogP contribution >= 0.6 is 0 Å². The smallest absolute Gasteiger partial charge is 0.332 e. The molecule has 2 aromatic heterocycles. The number of hydrogen-bond acceptors (Lipinski definition) is 4. The SMILES string of the molecule is CCCC1OC1CCCCCCCCCCn1cnc2c1c(=O)n(C)c(=O)n2C. The molecule has 7 heteroatoms. The fourth-order valence-electron chi connectivity index (χ4n) is 4.23. The standard InChI is InChI=1S/C22H36N4O3/c1-4-13-17-18(29-17)14-11-9-7-5-6-8-10-12-15-26-16-23-20-19(26)21(27)25(3)22(28)24(20)2/h16-18H,4-15H2,1-3H3. The van der Waals surface area contributed by atoms with Crippen molar-refractivity contribution in [1.82, 2.24) is 18.7 Å². The van der Waals surface area contributed by atoms with Crippen LogP contribution in [-0.2, 0) is 25.4 Å². The van der Waals surface area contributed by atoms with Crippen LogP contribution in [-0.4, -0.2) is 30.9 Å². The normalized spacial score (nSPS) is 18.6. The molecule has 2 aromatic rings. The van der Waals surface area contributed by atoms with E-state index in [0.29, 0.717) is 23.4 Å². The molecule has 2 atom stereocenters. The molecule has 1 fully saturated rings. The monoisotopic (exact) mass is 404 g/mol. The van der Waals surface area contributed by atoms with Gasteiger partial charge in [0.2, 0.25) is 0 Å². The number of hydrogen-bond donors (Lipinski definition) is 0. The van der Waals surface area contributed by atoms with E-state index in [1.54, 1.807) is 13.4 Å². The van der Waals surface area contributed by atoms with Crippen LogP contribution in [0.25, 0.3) is 11.2 Å². The zero-order valence-electron chi connectivity index (χ0n) is 18.2. The number of ether oxygens (including phenoxy) is 1. The minimum atomic E-state index is -0.335. The van der Waals surface area contributed by atoms with E-state index in [-0.39, 0.29) is 11.2 Å². The number of epoxide rings is 1. The van der Waals surface area contributed by atoms with Gasteiger partial charge in [0, 0.05) is 20.6 Å². The number of rotatable bonds is 13. The summed E-state index contributed by atoms with van der Waals surface area (Å²) in [5.74, 6) is 0. The van der Waals surface area contributed by atoms with Crippen LogP contribution in [0, 0.1) is 0 Å². The summed E-state index contributed by atoms with van der Waals surface area (Å²) < 4.78 is 10.2. The van der Waals surface area contributed by atoms with Crippen LogP contribution in [0.5, 0.6) is 0 Å². The molecule has 0 aliphatic carbocycles. The highest BCUT2D eigenvalue weighted by Crippen LogP contribution is 2.30. The molecule has 2 unspecified atom stereocenters. The molecular weight excluding hydrogens is 368 g/mol. The van der Waals surface area contributed by atoms with E-state index in [2.05, 4.69) is 11.9 Å². The van der Waals surface area contributed by atoms with Gasteiger partial charge >= 0.3 is 5.69 Å². The second-order valence-electron chi connectivity index (χ2n) is 8.43. The molecule has 3 heterocycles. The molecule has 162 valence electrons. The Labute approximate surface area is 172 Å². The van der Waals surface area contributed by atoms with Crippen LogP contribution in [0.1, 0.15) is 77.6 Å². The molecule has 0 aromatic carbocycles. The molecule has 0 bridgehead atoms. The lowest BCUT2D eigenvalue weighted by atomic mass is 10.0. The lowest BCUT2D eigenvalue weighted by Gasteiger charge is -2.07. The minimum Gasteiger partial charge on any atom is -0.370 e. The summed E-state index contributed by atoms with van der Waals surface area (Å²) in [6.07, 6.45) is 16.4. The molecule has 1 saturated heterocycles. The van der Waals surface area contributed by atoms with Crippen LogP contribution < -0.4 is 11.2 Å². The van der Waals surface area contributed by atoms with E-state index < -0.39 is 0 Å². The van der Waals surface area contributed by atoms with Gasteiger partial charge in [-0.05, 0) is 19.3 Å². The van der Waals surface area contributed by atoms with E-state index in [9.17, 15) is 9.59 Å². The van der Waals surface area contributed by atoms with Gasteiger partial charge in [0.1, 0.15) is 0 Å². The lowest BCUT2D eigenvalue weighted by Crippen LogP contribution is -2.37. The van der Waals surface area contributed by atoms with Crippen molar-refractivity contribution in [2.45, 2.75) is 96.3 Å². The highest BCUT2D eigenvalue weighted by atomic mass is 16.6. The van der Waals surface area contributed by atoms with Gasteiger partial charge in [-0.1, -0.05) is 58.3 Å². The Morgan fingerprint density at radius 2 is 1.52 bits per heavy atom. The number of aromatic nitrogens is 4. The van der Waals surface area contributed by atoms with Crippen molar-refractivity contribution in [2.75, 3.05) is 0 Å². The molecule has 0 amide bonds. The number of aryl methyl sites for hydroxylation is 2. The van der Waals surface area contributed by atoms with Gasteiger partial charge in [0.25, 0.3) is 5.56 Å².